The number of hydrogen-bond donors (Lipinski definition) is 1. The minimum atomic E-state index is -0.758. The summed E-state index contributed by atoms with van der Waals surface area (Å²) in [4.78, 5) is 23.9. The van der Waals surface area contributed by atoms with Gasteiger partial charge in [0.05, 0.1) is 28.6 Å². The molecule has 1 saturated heterocycles. The topological polar surface area (TPSA) is 93.3 Å². The third-order valence-electron chi connectivity index (χ3n) is 3.70. The second kappa shape index (κ2) is 5.67. The van der Waals surface area contributed by atoms with Crippen molar-refractivity contribution in [1.82, 2.24) is 9.78 Å². The van der Waals surface area contributed by atoms with Crippen molar-refractivity contribution < 1.29 is 14.1 Å². The summed E-state index contributed by atoms with van der Waals surface area (Å²) < 4.78 is 15.5. The number of amides is 1. The van der Waals surface area contributed by atoms with Crippen molar-refractivity contribution in [2.24, 2.45) is 7.05 Å². The number of halogens is 1. The van der Waals surface area contributed by atoms with Gasteiger partial charge in [-0.2, -0.15) is 5.10 Å². The van der Waals surface area contributed by atoms with Crippen molar-refractivity contribution in [2.45, 2.75) is 12.5 Å². The molecule has 23 heavy (non-hydrogen) atoms. The Hall–Kier alpha value is -2.97. The van der Waals surface area contributed by atoms with Gasteiger partial charge in [0.1, 0.15) is 6.04 Å². The molecule has 1 unspecified atom stereocenters. The van der Waals surface area contributed by atoms with E-state index in [1.807, 2.05) is 0 Å². The van der Waals surface area contributed by atoms with Crippen molar-refractivity contribution >= 4 is 23.0 Å². The van der Waals surface area contributed by atoms with Crippen LogP contribution >= 0.6 is 0 Å². The quantitative estimate of drug-likeness (QED) is 0.683. The monoisotopic (exact) mass is 319 g/mol. The van der Waals surface area contributed by atoms with E-state index < -0.39 is 16.8 Å². The SMILES string of the molecule is Cn1cc(N2CCC(Nc3ccc([N+](=O)[O-])cc3F)C2=O)cn1. The van der Waals surface area contributed by atoms with Crippen LogP contribution in [0.2, 0.25) is 0 Å². The van der Waals surface area contributed by atoms with Crippen molar-refractivity contribution in [3.05, 3.63) is 46.5 Å². The summed E-state index contributed by atoms with van der Waals surface area (Å²) in [5.74, 6) is -0.942. The fourth-order valence-corrected chi connectivity index (χ4v) is 2.54. The molecule has 1 amide bonds. The summed E-state index contributed by atoms with van der Waals surface area (Å²) in [6.07, 6.45) is 3.82. The van der Waals surface area contributed by atoms with Crippen LogP contribution in [0.25, 0.3) is 0 Å². The maximum Gasteiger partial charge on any atom is 0.272 e. The molecule has 1 aliphatic heterocycles. The third kappa shape index (κ3) is 2.85. The summed E-state index contributed by atoms with van der Waals surface area (Å²) in [5, 5.41) is 17.5. The molecule has 0 bridgehead atoms. The molecule has 120 valence electrons. The molecule has 8 nitrogen and oxygen atoms in total. The Morgan fingerprint density at radius 1 is 1.48 bits per heavy atom. The maximum atomic E-state index is 13.9. The van der Waals surface area contributed by atoms with Gasteiger partial charge in [-0.15, -0.1) is 0 Å². The van der Waals surface area contributed by atoms with E-state index in [1.54, 1.807) is 29.0 Å². The first-order valence-corrected chi connectivity index (χ1v) is 6.96. The predicted molar refractivity (Wildman–Crippen MR) is 80.6 cm³/mol. The van der Waals surface area contributed by atoms with Crippen LogP contribution in [0.15, 0.2) is 30.6 Å². The van der Waals surface area contributed by atoms with Crippen LogP contribution in [0, 0.1) is 15.9 Å². The Balaban J connectivity index is 1.74. The van der Waals surface area contributed by atoms with E-state index in [9.17, 15) is 19.3 Å². The Kier molecular flexibility index (Phi) is 3.68. The van der Waals surface area contributed by atoms with Gasteiger partial charge >= 0.3 is 0 Å². The second-order valence-electron chi connectivity index (χ2n) is 5.27. The fraction of sp³-hybridized carbons (Fsp3) is 0.286. The molecule has 0 aliphatic carbocycles. The molecule has 0 radical (unpaired) electrons. The van der Waals surface area contributed by atoms with Crippen LogP contribution in [0.1, 0.15) is 6.42 Å². The van der Waals surface area contributed by atoms with E-state index in [0.717, 1.165) is 6.07 Å². The zero-order valence-corrected chi connectivity index (χ0v) is 12.3. The zero-order valence-electron chi connectivity index (χ0n) is 12.3. The number of non-ortho nitro benzene ring substituents is 1. The number of carbonyl (C=O) groups excluding carboxylic acids is 1. The highest BCUT2D eigenvalue weighted by atomic mass is 19.1. The first kappa shape index (κ1) is 14.9. The van der Waals surface area contributed by atoms with Gasteiger partial charge in [-0.25, -0.2) is 4.39 Å². The highest BCUT2D eigenvalue weighted by molar-refractivity contribution is 6.00. The molecule has 1 aromatic carbocycles. The fourth-order valence-electron chi connectivity index (χ4n) is 2.54. The molecule has 1 aromatic heterocycles. The van der Waals surface area contributed by atoms with E-state index in [4.69, 9.17) is 0 Å². The van der Waals surface area contributed by atoms with Crippen molar-refractivity contribution in [1.29, 1.82) is 0 Å². The van der Waals surface area contributed by atoms with Crippen molar-refractivity contribution in [3.63, 3.8) is 0 Å². The second-order valence-corrected chi connectivity index (χ2v) is 5.27. The lowest BCUT2D eigenvalue weighted by Crippen LogP contribution is -2.33. The highest BCUT2D eigenvalue weighted by Gasteiger charge is 2.33. The van der Waals surface area contributed by atoms with E-state index in [1.165, 1.54) is 12.1 Å². The number of rotatable bonds is 4. The zero-order chi connectivity index (χ0) is 16.6. The number of nitro benzene ring substituents is 1. The minimum Gasteiger partial charge on any atom is -0.371 e. The van der Waals surface area contributed by atoms with Crippen LogP contribution in [0.5, 0.6) is 0 Å². The van der Waals surface area contributed by atoms with Gasteiger partial charge in [-0.05, 0) is 12.5 Å². The molecule has 2 heterocycles. The van der Waals surface area contributed by atoms with Crippen LogP contribution < -0.4 is 10.2 Å². The van der Waals surface area contributed by atoms with Gasteiger partial charge < -0.3 is 10.2 Å². The Morgan fingerprint density at radius 3 is 2.87 bits per heavy atom. The molecule has 9 heteroatoms. The van der Waals surface area contributed by atoms with Gasteiger partial charge in [-0.1, -0.05) is 0 Å². The first-order valence-electron chi connectivity index (χ1n) is 6.96. The highest BCUT2D eigenvalue weighted by Crippen LogP contribution is 2.26. The molecular weight excluding hydrogens is 305 g/mol. The Bertz CT molecular complexity index is 776. The van der Waals surface area contributed by atoms with Crippen LogP contribution in [-0.4, -0.2) is 33.2 Å². The molecule has 2 aromatic rings. The molecule has 1 aliphatic rings. The van der Waals surface area contributed by atoms with Crippen molar-refractivity contribution in [3.8, 4) is 0 Å². The number of benzene rings is 1. The van der Waals surface area contributed by atoms with Gasteiger partial charge in [0, 0.05) is 25.9 Å². The number of hydrogen-bond acceptors (Lipinski definition) is 5. The van der Waals surface area contributed by atoms with Crippen LogP contribution in [0.3, 0.4) is 0 Å². The molecule has 0 saturated carbocycles. The average molecular weight is 319 g/mol. The molecule has 3 rings (SSSR count). The van der Waals surface area contributed by atoms with E-state index in [2.05, 4.69) is 10.4 Å². The lowest BCUT2D eigenvalue weighted by molar-refractivity contribution is -0.385. The number of anilines is 2. The standard InChI is InChI=1S/C14H14FN5O3/c1-18-8-10(7-16-18)19-5-4-13(14(19)21)17-12-3-2-9(20(22)23)6-11(12)15/h2-3,6-8,13,17H,4-5H2,1H3. The van der Waals surface area contributed by atoms with Crippen LogP contribution in [0.4, 0.5) is 21.5 Å². The number of nitrogens with zero attached hydrogens (tertiary/aromatic N) is 4. The van der Waals surface area contributed by atoms with E-state index >= 15 is 0 Å². The lowest BCUT2D eigenvalue weighted by Gasteiger charge is -2.16. The Labute approximate surface area is 130 Å². The first-order chi connectivity index (χ1) is 11.0. The number of aryl methyl sites for hydroxylation is 1. The number of nitrogens with one attached hydrogen (secondary N) is 1. The summed E-state index contributed by atoms with van der Waals surface area (Å²) in [7, 11) is 1.76. The molecule has 1 N–H and O–H groups in total. The van der Waals surface area contributed by atoms with Crippen LogP contribution in [-0.2, 0) is 11.8 Å². The van der Waals surface area contributed by atoms with E-state index in [0.29, 0.717) is 18.7 Å². The minimum absolute atomic E-state index is 0.0713. The smallest absolute Gasteiger partial charge is 0.272 e. The number of aromatic nitrogens is 2. The third-order valence-corrected chi connectivity index (χ3v) is 3.70. The van der Waals surface area contributed by atoms with E-state index in [-0.39, 0.29) is 17.3 Å². The van der Waals surface area contributed by atoms with Crippen molar-refractivity contribution in [2.75, 3.05) is 16.8 Å². The predicted octanol–water partition coefficient (Wildman–Crippen LogP) is 1.68. The molecule has 0 spiro atoms. The average Bonchev–Trinajstić information content (AvgIpc) is 3.08. The Morgan fingerprint density at radius 2 is 2.26 bits per heavy atom. The van der Waals surface area contributed by atoms with Gasteiger partial charge in [0.2, 0.25) is 5.91 Å². The molecule has 1 atom stereocenters. The summed E-state index contributed by atoms with van der Waals surface area (Å²) in [6.45, 7) is 0.497. The van der Waals surface area contributed by atoms with Gasteiger partial charge in [-0.3, -0.25) is 19.6 Å². The lowest BCUT2D eigenvalue weighted by atomic mass is 10.2. The number of carbonyl (C=O) groups is 1. The normalized spacial score (nSPS) is 17.6. The summed E-state index contributed by atoms with van der Waals surface area (Å²) in [5.41, 5.74) is 0.427. The largest absolute Gasteiger partial charge is 0.371 e. The maximum absolute atomic E-state index is 13.9. The summed E-state index contributed by atoms with van der Waals surface area (Å²) in [6, 6.07) is 2.73. The summed E-state index contributed by atoms with van der Waals surface area (Å²) >= 11 is 0. The van der Waals surface area contributed by atoms with Gasteiger partial charge in [0.15, 0.2) is 5.82 Å². The molecule has 1 fully saturated rings. The molecular formula is C14H14FN5O3. The van der Waals surface area contributed by atoms with Gasteiger partial charge in [0.25, 0.3) is 5.69 Å². The number of nitro groups is 1.